The molecule has 0 aromatic carbocycles. The lowest BCUT2D eigenvalue weighted by atomic mass is 10.1. The molecule has 1 saturated heterocycles. The zero-order valence-electron chi connectivity index (χ0n) is 10.5. The smallest absolute Gasteiger partial charge is 0.164 e. The van der Waals surface area contributed by atoms with Gasteiger partial charge in [0.1, 0.15) is 0 Å². The average Bonchev–Trinajstić information content (AvgIpc) is 2.77. The third kappa shape index (κ3) is 3.68. The van der Waals surface area contributed by atoms with Crippen LogP contribution in [0.15, 0.2) is 18.5 Å². The normalized spacial score (nSPS) is 17.2. The summed E-state index contributed by atoms with van der Waals surface area (Å²) in [5, 5.41) is 3.33. The number of aryl methyl sites for hydroxylation is 1. The van der Waals surface area contributed by atoms with Crippen LogP contribution in [0.5, 0.6) is 0 Å². The Bertz CT molecular complexity index is 366. The number of nitrogens with zero attached hydrogens (tertiary/aromatic N) is 2. The van der Waals surface area contributed by atoms with Crippen molar-refractivity contribution in [3.63, 3.8) is 0 Å². The summed E-state index contributed by atoms with van der Waals surface area (Å²) in [6, 6.07) is 1.90. The largest absolute Gasteiger partial charge is 0.357 e. The second-order valence-corrected chi connectivity index (χ2v) is 4.68. The van der Waals surface area contributed by atoms with Gasteiger partial charge in [-0.3, -0.25) is 4.79 Å². The lowest BCUT2D eigenvalue weighted by molar-refractivity contribution is 0.0973. The van der Waals surface area contributed by atoms with E-state index in [-0.39, 0.29) is 5.78 Å². The Balaban J connectivity index is 1.69. The van der Waals surface area contributed by atoms with Crippen molar-refractivity contribution in [1.29, 1.82) is 0 Å². The molecule has 94 valence electrons. The second-order valence-electron chi connectivity index (χ2n) is 4.68. The van der Waals surface area contributed by atoms with E-state index in [1.165, 1.54) is 0 Å². The fraction of sp³-hybridized carbons (Fsp3) is 0.615. The van der Waals surface area contributed by atoms with Crippen LogP contribution in [-0.4, -0.2) is 48.0 Å². The third-order valence-corrected chi connectivity index (χ3v) is 3.24. The van der Waals surface area contributed by atoms with E-state index in [1.54, 1.807) is 0 Å². The van der Waals surface area contributed by atoms with E-state index in [4.69, 9.17) is 0 Å². The monoisotopic (exact) mass is 235 g/mol. The van der Waals surface area contributed by atoms with Crippen LogP contribution in [-0.2, 0) is 7.05 Å². The molecule has 0 unspecified atom stereocenters. The highest BCUT2D eigenvalue weighted by atomic mass is 16.1. The van der Waals surface area contributed by atoms with Gasteiger partial charge in [-0.15, -0.1) is 0 Å². The summed E-state index contributed by atoms with van der Waals surface area (Å²) in [5.74, 6) is 0.265. The number of ketones is 1. The highest BCUT2D eigenvalue weighted by Gasteiger charge is 2.11. The number of nitrogens with one attached hydrogen (secondary N) is 1. The molecule has 1 aromatic heterocycles. The number of rotatable bonds is 5. The van der Waals surface area contributed by atoms with Gasteiger partial charge in [0.05, 0.1) is 0 Å². The summed E-state index contributed by atoms with van der Waals surface area (Å²) in [7, 11) is 1.94. The van der Waals surface area contributed by atoms with E-state index >= 15 is 0 Å². The second kappa shape index (κ2) is 5.98. The van der Waals surface area contributed by atoms with E-state index in [2.05, 4.69) is 10.2 Å². The van der Waals surface area contributed by atoms with Crippen molar-refractivity contribution in [2.45, 2.75) is 12.8 Å². The van der Waals surface area contributed by atoms with E-state index in [1.807, 2.05) is 30.1 Å². The first-order valence-corrected chi connectivity index (χ1v) is 6.34. The SMILES string of the molecule is Cn1ccc(C(=O)CCCN2CCNCC2)c1. The van der Waals surface area contributed by atoms with Crippen LogP contribution in [0, 0.1) is 0 Å². The standard InChI is InChI=1S/C13H21N3O/c1-15-8-4-12(11-15)13(17)3-2-7-16-9-5-14-6-10-16/h4,8,11,14H,2-3,5-7,9-10H2,1H3. The molecule has 0 amide bonds. The Morgan fingerprint density at radius 2 is 2.18 bits per heavy atom. The number of aromatic nitrogens is 1. The van der Waals surface area contributed by atoms with E-state index < -0.39 is 0 Å². The number of carbonyl (C=O) groups excluding carboxylic acids is 1. The van der Waals surface area contributed by atoms with Crippen molar-refractivity contribution in [3.8, 4) is 0 Å². The predicted octanol–water partition coefficient (Wildman–Crippen LogP) is 0.893. The minimum atomic E-state index is 0.265. The van der Waals surface area contributed by atoms with Crippen LogP contribution >= 0.6 is 0 Å². The first-order valence-electron chi connectivity index (χ1n) is 6.34. The number of Topliss-reactive ketones (excluding diaryl/α,β-unsaturated/α-hetero) is 1. The van der Waals surface area contributed by atoms with E-state index in [0.717, 1.165) is 44.7 Å². The highest BCUT2D eigenvalue weighted by Crippen LogP contribution is 2.06. The van der Waals surface area contributed by atoms with E-state index in [9.17, 15) is 4.79 Å². The Kier molecular flexibility index (Phi) is 4.34. The fourth-order valence-electron chi connectivity index (χ4n) is 2.21. The number of hydrogen-bond acceptors (Lipinski definition) is 3. The zero-order valence-corrected chi connectivity index (χ0v) is 10.5. The van der Waals surface area contributed by atoms with Crippen molar-refractivity contribution >= 4 is 5.78 Å². The van der Waals surface area contributed by atoms with Crippen molar-refractivity contribution < 1.29 is 4.79 Å². The van der Waals surface area contributed by atoms with Crippen molar-refractivity contribution in [2.24, 2.45) is 7.05 Å². The Morgan fingerprint density at radius 3 is 2.82 bits per heavy atom. The van der Waals surface area contributed by atoms with Gasteiger partial charge in [-0.2, -0.15) is 0 Å². The molecule has 1 fully saturated rings. The van der Waals surface area contributed by atoms with Crippen molar-refractivity contribution in [2.75, 3.05) is 32.7 Å². The lowest BCUT2D eigenvalue weighted by Crippen LogP contribution is -2.43. The summed E-state index contributed by atoms with van der Waals surface area (Å²) in [5.41, 5.74) is 0.841. The van der Waals surface area contributed by atoms with Gasteiger partial charge in [0.2, 0.25) is 0 Å². The molecule has 2 heterocycles. The average molecular weight is 235 g/mol. The highest BCUT2D eigenvalue weighted by molar-refractivity contribution is 5.95. The Morgan fingerprint density at radius 1 is 1.41 bits per heavy atom. The molecule has 1 N–H and O–H groups in total. The summed E-state index contributed by atoms with van der Waals surface area (Å²) in [6.07, 6.45) is 5.44. The molecule has 1 aromatic rings. The maximum absolute atomic E-state index is 11.9. The molecule has 0 bridgehead atoms. The Hall–Kier alpha value is -1.13. The summed E-state index contributed by atoms with van der Waals surface area (Å²) < 4.78 is 1.92. The maximum atomic E-state index is 11.9. The minimum absolute atomic E-state index is 0.265. The first kappa shape index (κ1) is 12.3. The van der Waals surface area contributed by atoms with Gasteiger partial charge in [0.25, 0.3) is 0 Å². The molecular formula is C13H21N3O. The zero-order chi connectivity index (χ0) is 12.1. The molecule has 17 heavy (non-hydrogen) atoms. The van der Waals surface area contributed by atoms with Crippen molar-refractivity contribution in [1.82, 2.24) is 14.8 Å². The molecule has 1 aliphatic rings. The third-order valence-electron chi connectivity index (χ3n) is 3.24. The molecule has 0 atom stereocenters. The van der Waals surface area contributed by atoms with Gasteiger partial charge < -0.3 is 14.8 Å². The molecule has 0 spiro atoms. The molecular weight excluding hydrogens is 214 g/mol. The van der Waals surface area contributed by atoms with Crippen molar-refractivity contribution in [3.05, 3.63) is 24.0 Å². The van der Waals surface area contributed by atoms with Gasteiger partial charge in [0.15, 0.2) is 5.78 Å². The van der Waals surface area contributed by atoms with Crippen LogP contribution in [0.4, 0.5) is 0 Å². The molecule has 1 aliphatic heterocycles. The van der Waals surface area contributed by atoms with Gasteiger partial charge in [-0.05, 0) is 19.0 Å². The van der Waals surface area contributed by atoms with Crippen LogP contribution in [0.2, 0.25) is 0 Å². The molecule has 0 saturated carbocycles. The molecule has 0 radical (unpaired) electrons. The number of piperazine rings is 1. The molecule has 2 rings (SSSR count). The predicted molar refractivity (Wildman–Crippen MR) is 68.3 cm³/mol. The molecule has 4 nitrogen and oxygen atoms in total. The first-order chi connectivity index (χ1) is 8.25. The maximum Gasteiger partial charge on any atom is 0.164 e. The summed E-state index contributed by atoms with van der Waals surface area (Å²) in [6.45, 7) is 5.42. The van der Waals surface area contributed by atoms with Crippen LogP contribution in [0.1, 0.15) is 23.2 Å². The number of carbonyl (C=O) groups is 1. The van der Waals surface area contributed by atoms with Gasteiger partial charge in [-0.25, -0.2) is 0 Å². The summed E-state index contributed by atoms with van der Waals surface area (Å²) in [4.78, 5) is 14.3. The van der Waals surface area contributed by atoms with Gasteiger partial charge >= 0.3 is 0 Å². The van der Waals surface area contributed by atoms with Gasteiger partial charge in [-0.1, -0.05) is 0 Å². The molecule has 0 aliphatic carbocycles. The number of hydrogen-bond donors (Lipinski definition) is 1. The quantitative estimate of drug-likeness (QED) is 0.770. The lowest BCUT2D eigenvalue weighted by Gasteiger charge is -2.26. The topological polar surface area (TPSA) is 37.3 Å². The van der Waals surface area contributed by atoms with Crippen LogP contribution in [0.3, 0.4) is 0 Å². The Labute approximate surface area is 103 Å². The van der Waals surface area contributed by atoms with E-state index in [0.29, 0.717) is 6.42 Å². The minimum Gasteiger partial charge on any atom is -0.357 e. The van der Waals surface area contributed by atoms with Crippen LogP contribution in [0.25, 0.3) is 0 Å². The van der Waals surface area contributed by atoms with Gasteiger partial charge in [0, 0.05) is 57.6 Å². The van der Waals surface area contributed by atoms with Crippen LogP contribution < -0.4 is 5.32 Å². The molecule has 4 heteroatoms. The summed E-state index contributed by atoms with van der Waals surface area (Å²) >= 11 is 0. The fourth-order valence-corrected chi connectivity index (χ4v) is 2.21.